The van der Waals surface area contributed by atoms with E-state index in [0.717, 1.165) is 24.0 Å². The molecule has 2 aromatic rings. The molecule has 5 nitrogen and oxygen atoms in total. The molecule has 1 aliphatic carbocycles. The second kappa shape index (κ2) is 6.86. The van der Waals surface area contributed by atoms with Crippen molar-refractivity contribution >= 4 is 23.4 Å². The van der Waals surface area contributed by atoms with Gasteiger partial charge in [0.1, 0.15) is 0 Å². The molecule has 0 heterocycles. The lowest BCUT2D eigenvalue weighted by Crippen LogP contribution is -2.36. The van der Waals surface area contributed by atoms with Crippen LogP contribution in [0, 0.1) is 0 Å². The van der Waals surface area contributed by atoms with Crippen molar-refractivity contribution in [3.63, 3.8) is 0 Å². The normalized spacial score (nSPS) is 16.0. The third kappa shape index (κ3) is 3.52. The molecule has 3 rings (SSSR count). The van der Waals surface area contributed by atoms with E-state index in [1.165, 1.54) is 0 Å². The van der Waals surface area contributed by atoms with Gasteiger partial charge in [0.2, 0.25) is 5.91 Å². The smallest absolute Gasteiger partial charge is 0.274 e. The van der Waals surface area contributed by atoms with Crippen molar-refractivity contribution < 1.29 is 14.8 Å². The first-order valence-corrected chi connectivity index (χ1v) is 8.45. The van der Waals surface area contributed by atoms with Crippen LogP contribution < -0.4 is 10.8 Å². The van der Waals surface area contributed by atoms with Crippen molar-refractivity contribution in [2.75, 3.05) is 0 Å². The molecule has 1 fully saturated rings. The first-order valence-electron chi connectivity index (χ1n) is 8.08. The van der Waals surface area contributed by atoms with Crippen LogP contribution in [-0.4, -0.2) is 17.0 Å². The molecule has 0 bridgehead atoms. The summed E-state index contributed by atoms with van der Waals surface area (Å²) >= 11 is 5.93. The summed E-state index contributed by atoms with van der Waals surface area (Å²) < 4.78 is 0. The van der Waals surface area contributed by atoms with Gasteiger partial charge in [-0.3, -0.25) is 14.8 Å². The number of hydroxylamine groups is 1. The molecule has 25 heavy (non-hydrogen) atoms. The Labute approximate surface area is 151 Å². The van der Waals surface area contributed by atoms with Crippen molar-refractivity contribution in [1.82, 2.24) is 10.8 Å². The fraction of sp³-hybridized carbons (Fsp3) is 0.263. The second-order valence-electron chi connectivity index (χ2n) is 6.35. The average Bonchev–Trinajstić information content (AvgIpc) is 3.43. The van der Waals surface area contributed by atoms with E-state index in [2.05, 4.69) is 5.32 Å². The zero-order valence-corrected chi connectivity index (χ0v) is 14.5. The fourth-order valence-electron chi connectivity index (χ4n) is 2.97. The Morgan fingerprint density at radius 1 is 1.16 bits per heavy atom. The maximum absolute atomic E-state index is 12.8. The van der Waals surface area contributed by atoms with Crippen LogP contribution in [0.25, 0.3) is 0 Å². The third-order valence-electron chi connectivity index (χ3n) is 4.68. The minimum absolute atomic E-state index is 0.0284. The molecule has 2 amide bonds. The lowest BCUT2D eigenvalue weighted by atomic mass is 9.94. The fourth-order valence-corrected chi connectivity index (χ4v) is 3.10. The third-order valence-corrected chi connectivity index (χ3v) is 4.93. The number of hydrogen-bond acceptors (Lipinski definition) is 3. The highest BCUT2D eigenvalue weighted by Gasteiger charge is 2.51. The van der Waals surface area contributed by atoms with E-state index < -0.39 is 11.3 Å². The summed E-state index contributed by atoms with van der Waals surface area (Å²) in [6.45, 7) is 1.87. The van der Waals surface area contributed by atoms with Crippen LogP contribution in [0.5, 0.6) is 0 Å². The van der Waals surface area contributed by atoms with Gasteiger partial charge in [-0.1, -0.05) is 35.9 Å². The number of hydrogen-bond donors (Lipinski definition) is 3. The summed E-state index contributed by atoms with van der Waals surface area (Å²) in [6, 6.07) is 13.9. The molecule has 0 spiro atoms. The van der Waals surface area contributed by atoms with Crippen molar-refractivity contribution in [1.29, 1.82) is 0 Å². The lowest BCUT2D eigenvalue weighted by Gasteiger charge is -2.21. The summed E-state index contributed by atoms with van der Waals surface area (Å²) in [4.78, 5) is 24.3. The topological polar surface area (TPSA) is 78.4 Å². The van der Waals surface area contributed by atoms with Gasteiger partial charge in [-0.25, -0.2) is 5.48 Å². The molecule has 0 aliphatic heterocycles. The average molecular weight is 359 g/mol. The standard InChI is InChI=1S/C19H19ClN2O3/c1-12(13-3-2-4-14(11-13)17(23)22-25)21-18(24)19(9-10-19)15-5-7-16(20)8-6-15/h2-8,11-12,25H,9-10H2,1H3,(H,21,24)(H,22,23). The highest BCUT2D eigenvalue weighted by molar-refractivity contribution is 6.30. The van der Waals surface area contributed by atoms with E-state index in [1.54, 1.807) is 35.8 Å². The molecule has 6 heteroatoms. The summed E-state index contributed by atoms with van der Waals surface area (Å²) in [6.07, 6.45) is 1.61. The monoisotopic (exact) mass is 358 g/mol. The van der Waals surface area contributed by atoms with Crippen LogP contribution in [0.15, 0.2) is 48.5 Å². The summed E-state index contributed by atoms with van der Waals surface area (Å²) in [5, 5.41) is 12.4. The molecule has 1 saturated carbocycles. The van der Waals surface area contributed by atoms with Crippen LogP contribution in [0.2, 0.25) is 5.02 Å². The molecule has 1 unspecified atom stereocenters. The molecule has 0 radical (unpaired) electrons. The van der Waals surface area contributed by atoms with Gasteiger partial charge in [0.05, 0.1) is 11.5 Å². The Kier molecular flexibility index (Phi) is 4.79. The summed E-state index contributed by atoms with van der Waals surface area (Å²) in [7, 11) is 0. The summed E-state index contributed by atoms with van der Waals surface area (Å²) in [5.74, 6) is -0.612. The van der Waals surface area contributed by atoms with Gasteiger partial charge in [-0.05, 0) is 55.2 Å². The van der Waals surface area contributed by atoms with Crippen LogP contribution in [-0.2, 0) is 10.2 Å². The first-order chi connectivity index (χ1) is 12.0. The first kappa shape index (κ1) is 17.5. The largest absolute Gasteiger partial charge is 0.349 e. The van der Waals surface area contributed by atoms with Crippen LogP contribution in [0.1, 0.15) is 47.3 Å². The minimum atomic E-state index is -0.583. The number of rotatable bonds is 5. The predicted molar refractivity (Wildman–Crippen MR) is 94.6 cm³/mol. The van der Waals surface area contributed by atoms with E-state index in [9.17, 15) is 9.59 Å². The van der Waals surface area contributed by atoms with Crippen molar-refractivity contribution in [3.05, 3.63) is 70.2 Å². The Bertz CT molecular complexity index is 801. The molecule has 0 aromatic heterocycles. The van der Waals surface area contributed by atoms with Crippen LogP contribution in [0.4, 0.5) is 0 Å². The molecule has 1 aliphatic rings. The quantitative estimate of drug-likeness (QED) is 0.566. The van der Waals surface area contributed by atoms with E-state index in [-0.39, 0.29) is 11.9 Å². The second-order valence-corrected chi connectivity index (χ2v) is 6.79. The number of carbonyl (C=O) groups is 2. The maximum atomic E-state index is 12.8. The minimum Gasteiger partial charge on any atom is -0.349 e. The van der Waals surface area contributed by atoms with Crippen molar-refractivity contribution in [2.45, 2.75) is 31.2 Å². The number of benzene rings is 2. The van der Waals surface area contributed by atoms with E-state index in [1.807, 2.05) is 25.1 Å². The SMILES string of the molecule is CC(NC(=O)C1(c2ccc(Cl)cc2)CC1)c1cccc(C(=O)NO)c1. The lowest BCUT2D eigenvalue weighted by molar-refractivity contribution is -0.124. The van der Waals surface area contributed by atoms with E-state index in [4.69, 9.17) is 16.8 Å². The van der Waals surface area contributed by atoms with Gasteiger partial charge in [0.25, 0.3) is 5.91 Å². The van der Waals surface area contributed by atoms with Gasteiger partial charge >= 0.3 is 0 Å². The molecule has 1 atom stereocenters. The zero-order valence-electron chi connectivity index (χ0n) is 13.8. The number of carbonyl (C=O) groups excluding carboxylic acids is 2. The number of halogens is 1. The molecule has 130 valence electrons. The highest BCUT2D eigenvalue weighted by atomic mass is 35.5. The number of amides is 2. The highest BCUT2D eigenvalue weighted by Crippen LogP contribution is 2.48. The molecular weight excluding hydrogens is 340 g/mol. The molecule has 2 aromatic carbocycles. The van der Waals surface area contributed by atoms with Crippen molar-refractivity contribution in [3.8, 4) is 0 Å². The Hall–Kier alpha value is -2.37. The van der Waals surface area contributed by atoms with Gasteiger partial charge in [-0.15, -0.1) is 0 Å². The molecule has 0 saturated heterocycles. The van der Waals surface area contributed by atoms with Gasteiger partial charge < -0.3 is 5.32 Å². The Balaban J connectivity index is 1.75. The maximum Gasteiger partial charge on any atom is 0.274 e. The number of nitrogens with one attached hydrogen (secondary N) is 2. The van der Waals surface area contributed by atoms with Gasteiger partial charge in [-0.2, -0.15) is 0 Å². The Morgan fingerprint density at radius 3 is 2.44 bits per heavy atom. The zero-order chi connectivity index (χ0) is 18.0. The van der Waals surface area contributed by atoms with E-state index >= 15 is 0 Å². The van der Waals surface area contributed by atoms with E-state index in [0.29, 0.717) is 10.6 Å². The van der Waals surface area contributed by atoms with Crippen LogP contribution in [0.3, 0.4) is 0 Å². The molecule has 3 N–H and O–H groups in total. The summed E-state index contributed by atoms with van der Waals surface area (Å²) in [5.41, 5.74) is 3.22. The Morgan fingerprint density at radius 2 is 1.84 bits per heavy atom. The predicted octanol–water partition coefficient (Wildman–Crippen LogP) is 3.37. The van der Waals surface area contributed by atoms with Gasteiger partial charge in [0.15, 0.2) is 0 Å². The van der Waals surface area contributed by atoms with Gasteiger partial charge in [0, 0.05) is 10.6 Å². The van der Waals surface area contributed by atoms with Crippen LogP contribution >= 0.6 is 11.6 Å². The van der Waals surface area contributed by atoms with Crippen molar-refractivity contribution in [2.24, 2.45) is 0 Å². The molecular formula is C19H19ClN2O3.